The quantitative estimate of drug-likeness (QED) is 0.922. The van der Waals surface area contributed by atoms with Crippen molar-refractivity contribution in [2.24, 2.45) is 5.73 Å². The third kappa shape index (κ3) is 2.24. The predicted octanol–water partition coefficient (Wildman–Crippen LogP) is 3.61. The van der Waals surface area contributed by atoms with Crippen molar-refractivity contribution in [2.75, 3.05) is 7.11 Å². The first kappa shape index (κ1) is 13.0. The molecule has 2 aromatic rings. The summed E-state index contributed by atoms with van der Waals surface area (Å²) in [6, 6.07) is 7.07. The molecule has 96 valence electrons. The van der Waals surface area contributed by atoms with Crippen LogP contribution in [0.5, 0.6) is 5.75 Å². The summed E-state index contributed by atoms with van der Waals surface area (Å²) in [5.41, 5.74) is 9.34. The third-order valence-corrected chi connectivity index (χ3v) is 3.35. The van der Waals surface area contributed by atoms with E-state index in [1.54, 1.807) is 19.2 Å². The highest BCUT2D eigenvalue weighted by molar-refractivity contribution is 6.28. The molecule has 4 heteroatoms. The number of methoxy groups -OCH3 is 1. The molecule has 2 rings (SSSR count). The average Bonchev–Trinajstić information content (AvgIpc) is 2.78. The van der Waals surface area contributed by atoms with Crippen molar-refractivity contribution < 1.29 is 9.15 Å². The van der Waals surface area contributed by atoms with Crippen molar-refractivity contribution >= 4 is 11.6 Å². The second-order valence-corrected chi connectivity index (χ2v) is 4.62. The molecule has 3 nitrogen and oxygen atoms in total. The first-order valence-electron chi connectivity index (χ1n) is 5.69. The van der Waals surface area contributed by atoms with Gasteiger partial charge in [0, 0.05) is 5.56 Å². The molecule has 1 unspecified atom stereocenters. The summed E-state index contributed by atoms with van der Waals surface area (Å²) in [6.07, 6.45) is 0. The lowest BCUT2D eigenvalue weighted by atomic mass is 9.98. The maximum Gasteiger partial charge on any atom is 0.193 e. The Labute approximate surface area is 111 Å². The summed E-state index contributed by atoms with van der Waals surface area (Å²) in [5, 5.41) is 0.336. The smallest absolute Gasteiger partial charge is 0.193 e. The van der Waals surface area contributed by atoms with Gasteiger partial charge in [-0.25, -0.2) is 0 Å². The highest BCUT2D eigenvalue weighted by atomic mass is 35.5. The van der Waals surface area contributed by atoms with Crippen molar-refractivity contribution in [1.29, 1.82) is 0 Å². The molecule has 1 aromatic carbocycles. The minimum Gasteiger partial charge on any atom is -0.496 e. The fraction of sp³-hybridized carbons (Fsp3) is 0.286. The lowest BCUT2D eigenvalue weighted by molar-refractivity contribution is 0.399. The van der Waals surface area contributed by atoms with E-state index in [2.05, 4.69) is 0 Å². The minimum atomic E-state index is -0.383. The van der Waals surface area contributed by atoms with Gasteiger partial charge in [-0.15, -0.1) is 0 Å². The van der Waals surface area contributed by atoms with Crippen molar-refractivity contribution in [3.63, 3.8) is 0 Å². The molecule has 2 N–H and O–H groups in total. The Hall–Kier alpha value is -1.45. The van der Waals surface area contributed by atoms with Crippen molar-refractivity contribution in [1.82, 2.24) is 0 Å². The molecule has 1 aromatic heterocycles. The molecule has 0 spiro atoms. The van der Waals surface area contributed by atoms with Crippen LogP contribution in [0.1, 0.15) is 28.5 Å². The highest BCUT2D eigenvalue weighted by Gasteiger charge is 2.19. The van der Waals surface area contributed by atoms with E-state index >= 15 is 0 Å². The molecule has 0 aliphatic heterocycles. The molecule has 0 aliphatic rings. The van der Waals surface area contributed by atoms with Crippen LogP contribution in [0.2, 0.25) is 5.22 Å². The second kappa shape index (κ2) is 5.04. The molecule has 0 bridgehead atoms. The standard InChI is InChI=1S/C14H16ClNO2/c1-8-4-5-10(14(17-3)9(8)2)13(16)11-6-7-12(15)18-11/h4-7,13H,16H2,1-3H3. The van der Waals surface area contributed by atoms with Crippen LogP contribution < -0.4 is 10.5 Å². The van der Waals surface area contributed by atoms with E-state index in [9.17, 15) is 0 Å². The average molecular weight is 266 g/mol. The van der Waals surface area contributed by atoms with Gasteiger partial charge in [0.05, 0.1) is 13.2 Å². The number of ether oxygens (including phenoxy) is 1. The van der Waals surface area contributed by atoms with Gasteiger partial charge in [0.1, 0.15) is 11.5 Å². The Balaban J connectivity index is 2.48. The summed E-state index contributed by atoms with van der Waals surface area (Å²) in [7, 11) is 1.65. The number of nitrogens with two attached hydrogens (primary N) is 1. The van der Waals surface area contributed by atoms with E-state index in [4.69, 9.17) is 26.5 Å². The van der Waals surface area contributed by atoms with Gasteiger partial charge in [-0.05, 0) is 48.7 Å². The second-order valence-electron chi connectivity index (χ2n) is 4.25. The summed E-state index contributed by atoms with van der Waals surface area (Å²) in [4.78, 5) is 0. The van der Waals surface area contributed by atoms with E-state index in [1.165, 1.54) is 5.56 Å². The van der Waals surface area contributed by atoms with Crippen LogP contribution in [-0.4, -0.2) is 7.11 Å². The maximum atomic E-state index is 6.19. The zero-order valence-corrected chi connectivity index (χ0v) is 11.4. The topological polar surface area (TPSA) is 48.4 Å². The first-order valence-corrected chi connectivity index (χ1v) is 6.07. The number of furan rings is 1. The van der Waals surface area contributed by atoms with E-state index in [0.29, 0.717) is 11.0 Å². The molecule has 1 atom stereocenters. The molecular weight excluding hydrogens is 250 g/mol. The fourth-order valence-corrected chi connectivity index (χ4v) is 2.13. The van der Waals surface area contributed by atoms with Gasteiger partial charge in [0.15, 0.2) is 5.22 Å². The van der Waals surface area contributed by atoms with Gasteiger partial charge in [-0.3, -0.25) is 0 Å². The van der Waals surface area contributed by atoms with Gasteiger partial charge < -0.3 is 14.9 Å². The van der Waals surface area contributed by atoms with Gasteiger partial charge in [-0.1, -0.05) is 12.1 Å². The van der Waals surface area contributed by atoms with Crippen molar-refractivity contribution in [2.45, 2.75) is 19.9 Å². The van der Waals surface area contributed by atoms with Crippen LogP contribution in [0.15, 0.2) is 28.7 Å². The molecule has 0 amide bonds. The Morgan fingerprint density at radius 2 is 1.94 bits per heavy atom. The molecule has 0 aliphatic carbocycles. The summed E-state index contributed by atoms with van der Waals surface area (Å²) < 4.78 is 10.8. The van der Waals surface area contributed by atoms with Gasteiger partial charge in [0.25, 0.3) is 0 Å². The van der Waals surface area contributed by atoms with Crippen LogP contribution in [-0.2, 0) is 0 Å². The fourth-order valence-electron chi connectivity index (χ4n) is 1.98. The molecule has 0 saturated carbocycles. The number of hydrogen-bond acceptors (Lipinski definition) is 3. The third-order valence-electron chi connectivity index (χ3n) is 3.15. The minimum absolute atomic E-state index is 0.336. The monoisotopic (exact) mass is 265 g/mol. The van der Waals surface area contributed by atoms with E-state index in [1.807, 2.05) is 26.0 Å². The van der Waals surface area contributed by atoms with E-state index < -0.39 is 0 Å². The maximum absolute atomic E-state index is 6.19. The number of benzene rings is 1. The number of hydrogen-bond donors (Lipinski definition) is 1. The van der Waals surface area contributed by atoms with Crippen LogP contribution in [0.25, 0.3) is 0 Å². The summed E-state index contributed by atoms with van der Waals surface area (Å²) in [5.74, 6) is 1.43. The molecular formula is C14H16ClNO2. The van der Waals surface area contributed by atoms with Gasteiger partial charge >= 0.3 is 0 Å². The molecule has 0 fully saturated rings. The Bertz CT molecular complexity index is 563. The van der Waals surface area contributed by atoms with Crippen LogP contribution in [0.3, 0.4) is 0 Å². The normalized spacial score (nSPS) is 12.5. The van der Waals surface area contributed by atoms with Crippen LogP contribution >= 0.6 is 11.6 Å². The Morgan fingerprint density at radius 1 is 1.22 bits per heavy atom. The van der Waals surface area contributed by atoms with Crippen LogP contribution in [0.4, 0.5) is 0 Å². The van der Waals surface area contributed by atoms with Crippen molar-refractivity contribution in [3.8, 4) is 5.75 Å². The lowest BCUT2D eigenvalue weighted by Gasteiger charge is -2.17. The highest BCUT2D eigenvalue weighted by Crippen LogP contribution is 2.33. The van der Waals surface area contributed by atoms with E-state index in [-0.39, 0.29) is 6.04 Å². The van der Waals surface area contributed by atoms with Gasteiger partial charge in [-0.2, -0.15) is 0 Å². The van der Waals surface area contributed by atoms with Gasteiger partial charge in [0.2, 0.25) is 0 Å². The molecule has 0 saturated heterocycles. The Morgan fingerprint density at radius 3 is 2.50 bits per heavy atom. The van der Waals surface area contributed by atoms with Crippen LogP contribution in [0, 0.1) is 13.8 Å². The van der Waals surface area contributed by atoms with E-state index in [0.717, 1.165) is 16.9 Å². The lowest BCUT2D eigenvalue weighted by Crippen LogP contribution is -2.13. The SMILES string of the molecule is COc1c(C(N)c2ccc(Cl)o2)ccc(C)c1C. The first-order chi connectivity index (χ1) is 8.54. The summed E-state index contributed by atoms with van der Waals surface area (Å²) in [6.45, 7) is 4.05. The number of rotatable bonds is 3. The predicted molar refractivity (Wildman–Crippen MR) is 72.2 cm³/mol. The largest absolute Gasteiger partial charge is 0.496 e. The summed E-state index contributed by atoms with van der Waals surface area (Å²) >= 11 is 5.77. The zero-order chi connectivity index (χ0) is 13.3. The number of aryl methyl sites for hydroxylation is 1. The van der Waals surface area contributed by atoms with Crippen molar-refractivity contribution in [3.05, 3.63) is 51.9 Å². The Kier molecular flexibility index (Phi) is 3.64. The zero-order valence-electron chi connectivity index (χ0n) is 10.7. The molecule has 18 heavy (non-hydrogen) atoms. The molecule has 0 radical (unpaired) electrons. The molecule has 1 heterocycles. The number of halogens is 1.